The van der Waals surface area contributed by atoms with Gasteiger partial charge in [-0.25, -0.2) is 0 Å². The standard InChI is InChI=1S/C8H7N2O3.3CH3.Sn/c1-5(11)10-6-2-3-9-7(4-6)8(12)13;;;;/h2,4H,1H3,(H,12,13)(H,9,10,11);3*1H3;/p-1. The van der Waals surface area contributed by atoms with E-state index in [0.717, 1.165) is 3.71 Å². The molecule has 6 heteroatoms. The minimum absolute atomic E-state index is 0.127. The van der Waals surface area contributed by atoms with Crippen LogP contribution in [0.25, 0.3) is 0 Å². The molecule has 1 heterocycles. The van der Waals surface area contributed by atoms with Crippen molar-refractivity contribution >= 4 is 39.7 Å². The van der Waals surface area contributed by atoms with Gasteiger partial charge < -0.3 is 0 Å². The molecule has 0 aromatic carbocycles. The van der Waals surface area contributed by atoms with Crippen LogP contribution in [-0.4, -0.2) is 35.2 Å². The minimum atomic E-state index is -2.48. The maximum absolute atomic E-state index is 11.0. The van der Waals surface area contributed by atoms with Gasteiger partial charge in [0.15, 0.2) is 0 Å². The van der Waals surface area contributed by atoms with Crippen molar-refractivity contribution in [2.45, 2.75) is 21.7 Å². The van der Waals surface area contributed by atoms with E-state index in [2.05, 4.69) is 25.1 Å². The number of carbonyl (C=O) groups is 2. The molecule has 17 heavy (non-hydrogen) atoms. The number of hydrogen-bond acceptors (Lipinski definition) is 4. The molecule has 1 aromatic rings. The molecule has 1 amide bonds. The zero-order chi connectivity index (χ0) is 13.2. The van der Waals surface area contributed by atoms with E-state index < -0.39 is 24.3 Å². The van der Waals surface area contributed by atoms with E-state index in [0.29, 0.717) is 5.69 Å². The van der Waals surface area contributed by atoms with Crippen molar-refractivity contribution in [1.29, 1.82) is 0 Å². The number of nitrogens with zero attached hydrogens (tertiary/aromatic N) is 1. The van der Waals surface area contributed by atoms with Crippen LogP contribution in [0.4, 0.5) is 5.69 Å². The number of carbonyl (C=O) groups excluding carboxylic acids is 2. The number of rotatable bonds is 3. The Kier molecular flexibility index (Phi) is 4.13. The number of amides is 1. The summed E-state index contributed by atoms with van der Waals surface area (Å²) >= 11 is -2.48. The zero-order valence-electron chi connectivity index (χ0n) is 10.3. The average Bonchev–Trinajstić information content (AvgIpc) is 2.14. The molecule has 0 aliphatic carbocycles. The first kappa shape index (κ1) is 14.0. The Labute approximate surface area is 104 Å². The van der Waals surface area contributed by atoms with Crippen molar-refractivity contribution in [3.63, 3.8) is 0 Å². The number of carboxylic acid groups (broad SMARTS) is 1. The van der Waals surface area contributed by atoms with E-state index in [-0.39, 0.29) is 11.6 Å². The van der Waals surface area contributed by atoms with Crippen LogP contribution in [0.5, 0.6) is 0 Å². The summed E-state index contributed by atoms with van der Waals surface area (Å²) in [5.41, 5.74) is 0.339. The fourth-order valence-electron chi connectivity index (χ4n) is 1.29. The van der Waals surface area contributed by atoms with Crippen LogP contribution in [0.1, 0.15) is 17.4 Å². The number of nitrogens with one attached hydrogen (secondary N) is 1. The second kappa shape index (κ2) is 5.03. The Bertz CT molecular complexity index is 466. The summed E-state index contributed by atoms with van der Waals surface area (Å²) < 4.78 is 0.796. The van der Waals surface area contributed by atoms with Gasteiger partial charge in [-0.2, -0.15) is 0 Å². The molecule has 1 N–H and O–H groups in total. The van der Waals surface area contributed by atoms with Crippen LogP contribution >= 0.6 is 0 Å². The Morgan fingerprint density at radius 1 is 1.29 bits per heavy atom. The maximum atomic E-state index is 11.0. The van der Waals surface area contributed by atoms with Crippen molar-refractivity contribution in [3.05, 3.63) is 17.8 Å². The van der Waals surface area contributed by atoms with Crippen LogP contribution in [0, 0.1) is 0 Å². The van der Waals surface area contributed by atoms with Gasteiger partial charge >= 0.3 is 104 Å². The van der Waals surface area contributed by atoms with Gasteiger partial charge in [0, 0.05) is 0 Å². The van der Waals surface area contributed by atoms with E-state index in [1.807, 2.05) is 0 Å². The topological polar surface area (TPSA) is 82.1 Å². The Hall–Kier alpha value is -1.11. The second-order valence-electron chi connectivity index (χ2n) is 4.84. The zero-order valence-corrected chi connectivity index (χ0v) is 13.2. The molecule has 5 nitrogen and oxygen atoms in total. The van der Waals surface area contributed by atoms with Gasteiger partial charge in [0.05, 0.1) is 0 Å². The molecule has 0 bridgehead atoms. The molecular weight excluding hydrogens is 327 g/mol. The molecule has 0 unspecified atom stereocenters. The molecule has 1 aromatic heterocycles. The van der Waals surface area contributed by atoms with Crippen LogP contribution in [0.2, 0.25) is 14.8 Å². The summed E-state index contributed by atoms with van der Waals surface area (Å²) in [6, 6.07) is 3.07. The van der Waals surface area contributed by atoms with Gasteiger partial charge in [0.1, 0.15) is 0 Å². The Morgan fingerprint density at radius 3 is 2.29 bits per heavy atom. The van der Waals surface area contributed by atoms with Gasteiger partial charge in [0.25, 0.3) is 0 Å². The normalized spacial score (nSPS) is 11.1. The summed E-state index contributed by atoms with van der Waals surface area (Å²) in [7, 11) is 0. The quantitative estimate of drug-likeness (QED) is 0.781. The van der Waals surface area contributed by atoms with E-state index in [1.165, 1.54) is 13.0 Å². The SMILES string of the molecule is CC(=O)Nc1cc(C(=O)[O-])n[c]([Sn]([CH3])([CH3])[CH3])c1. The van der Waals surface area contributed by atoms with Crippen molar-refractivity contribution in [2.75, 3.05) is 5.32 Å². The summed E-state index contributed by atoms with van der Waals surface area (Å²) in [4.78, 5) is 32.3. The first-order chi connectivity index (χ1) is 7.70. The molecule has 0 saturated carbocycles. The number of anilines is 1. The Morgan fingerprint density at radius 2 is 1.88 bits per heavy atom. The molecular formula is C11H15N2O3Sn-. The van der Waals surface area contributed by atoms with Crippen LogP contribution in [-0.2, 0) is 4.79 Å². The van der Waals surface area contributed by atoms with Gasteiger partial charge in [-0.15, -0.1) is 0 Å². The number of pyridine rings is 1. The third-order valence-electron chi connectivity index (χ3n) is 2.12. The van der Waals surface area contributed by atoms with Crippen LogP contribution in [0.15, 0.2) is 12.1 Å². The fourth-order valence-corrected chi connectivity index (χ4v) is 4.28. The number of carboxylic acids is 1. The third-order valence-corrected chi connectivity index (χ3v) is 7.24. The molecule has 92 valence electrons. The van der Waals surface area contributed by atoms with E-state index in [1.54, 1.807) is 6.07 Å². The summed E-state index contributed by atoms with van der Waals surface area (Å²) in [6.07, 6.45) is 0. The van der Waals surface area contributed by atoms with Gasteiger partial charge in [0.2, 0.25) is 0 Å². The third kappa shape index (κ3) is 3.99. The van der Waals surface area contributed by atoms with E-state index in [9.17, 15) is 14.7 Å². The molecule has 0 saturated heterocycles. The number of aromatic nitrogens is 1. The predicted molar refractivity (Wildman–Crippen MR) is 65.9 cm³/mol. The van der Waals surface area contributed by atoms with E-state index in [4.69, 9.17) is 0 Å². The average molecular weight is 342 g/mol. The monoisotopic (exact) mass is 343 g/mol. The molecule has 0 fully saturated rings. The number of hydrogen-bond donors (Lipinski definition) is 1. The molecule has 0 atom stereocenters. The molecule has 0 radical (unpaired) electrons. The van der Waals surface area contributed by atoms with Gasteiger partial charge in [-0.05, 0) is 0 Å². The first-order valence-corrected chi connectivity index (χ1v) is 15.2. The van der Waals surface area contributed by atoms with Crippen LogP contribution < -0.4 is 14.1 Å². The van der Waals surface area contributed by atoms with Crippen LogP contribution in [0.3, 0.4) is 0 Å². The van der Waals surface area contributed by atoms with Crippen molar-refractivity contribution in [2.24, 2.45) is 0 Å². The summed E-state index contributed by atoms with van der Waals surface area (Å²) in [5, 5.41) is 13.4. The molecule has 0 aliphatic rings. The molecule has 1 rings (SSSR count). The summed E-state index contributed by atoms with van der Waals surface area (Å²) in [6.45, 7) is 1.37. The molecule has 0 aliphatic heterocycles. The van der Waals surface area contributed by atoms with Gasteiger partial charge in [-0.3, -0.25) is 0 Å². The fraction of sp³-hybridized carbons (Fsp3) is 0.364. The van der Waals surface area contributed by atoms with Crippen molar-refractivity contribution in [3.8, 4) is 0 Å². The second-order valence-corrected chi connectivity index (χ2v) is 19.2. The predicted octanol–water partition coefficient (Wildman–Crippen LogP) is -0.0513. The van der Waals surface area contributed by atoms with Crippen molar-refractivity contribution < 1.29 is 14.7 Å². The number of aromatic carboxylic acids is 1. The Balaban J connectivity index is 3.28. The van der Waals surface area contributed by atoms with E-state index >= 15 is 0 Å². The first-order valence-electron chi connectivity index (χ1n) is 5.21. The summed E-state index contributed by atoms with van der Waals surface area (Å²) in [5.74, 6) is -1.57. The van der Waals surface area contributed by atoms with Crippen molar-refractivity contribution in [1.82, 2.24) is 4.98 Å². The molecule has 0 spiro atoms. The van der Waals surface area contributed by atoms with Gasteiger partial charge in [-0.1, -0.05) is 0 Å².